The van der Waals surface area contributed by atoms with Crippen LogP contribution in [0.1, 0.15) is 32.3 Å². The van der Waals surface area contributed by atoms with Crippen molar-refractivity contribution in [2.45, 2.75) is 41.9 Å². The minimum Gasteiger partial charge on any atom is -0.311 e. The third-order valence-corrected chi connectivity index (χ3v) is 7.47. The van der Waals surface area contributed by atoms with Crippen molar-refractivity contribution in [1.82, 2.24) is 0 Å². The zero-order valence-corrected chi connectivity index (χ0v) is 17.9. The van der Waals surface area contributed by atoms with E-state index in [4.69, 9.17) is 0 Å². The van der Waals surface area contributed by atoms with Crippen LogP contribution in [0, 0.1) is 5.92 Å². The van der Waals surface area contributed by atoms with Gasteiger partial charge in [-0.1, -0.05) is 19.9 Å². The number of amides is 1. The van der Waals surface area contributed by atoms with E-state index in [0.717, 1.165) is 29.0 Å². The lowest BCUT2D eigenvalue weighted by Crippen LogP contribution is -2.34. The summed E-state index contributed by atoms with van der Waals surface area (Å²) in [5, 5.41) is 0. The quantitative estimate of drug-likeness (QED) is 0.740. The van der Waals surface area contributed by atoms with E-state index < -0.39 is 10.0 Å². The van der Waals surface area contributed by atoms with Crippen LogP contribution in [0.3, 0.4) is 0 Å². The van der Waals surface area contributed by atoms with Gasteiger partial charge < -0.3 is 4.90 Å². The number of rotatable bonds is 5. The Hall–Kier alpha value is -1.99. The Morgan fingerprint density at radius 2 is 1.93 bits per heavy atom. The van der Waals surface area contributed by atoms with Gasteiger partial charge in [-0.3, -0.25) is 9.52 Å². The van der Waals surface area contributed by atoms with Crippen LogP contribution in [-0.4, -0.2) is 27.1 Å². The lowest BCUT2D eigenvalue weighted by atomic mass is 9.87. The van der Waals surface area contributed by atoms with Crippen molar-refractivity contribution in [2.75, 3.05) is 22.4 Å². The maximum absolute atomic E-state index is 12.9. The highest BCUT2D eigenvalue weighted by molar-refractivity contribution is 7.98. The molecule has 0 saturated heterocycles. The summed E-state index contributed by atoms with van der Waals surface area (Å²) in [6.07, 6.45) is 3.86. The first-order chi connectivity index (χ1) is 13.2. The van der Waals surface area contributed by atoms with E-state index in [1.807, 2.05) is 29.4 Å². The van der Waals surface area contributed by atoms with Gasteiger partial charge in [0.25, 0.3) is 10.0 Å². The highest BCUT2D eigenvalue weighted by Crippen LogP contribution is 2.44. The van der Waals surface area contributed by atoms with Gasteiger partial charge in [-0.15, -0.1) is 11.8 Å². The fourth-order valence-electron chi connectivity index (χ4n) is 3.67. The number of carbonyl (C=O) groups is 1. The van der Waals surface area contributed by atoms with Gasteiger partial charge in [0.1, 0.15) is 0 Å². The summed E-state index contributed by atoms with van der Waals surface area (Å²) in [5.41, 5.74) is 1.99. The van der Waals surface area contributed by atoms with E-state index in [0.29, 0.717) is 12.2 Å². The molecule has 1 saturated carbocycles. The second-order valence-electron chi connectivity index (χ2n) is 8.10. The first kappa shape index (κ1) is 19.3. The summed E-state index contributed by atoms with van der Waals surface area (Å²) in [6, 6.07) is 12.4. The smallest absolute Gasteiger partial charge is 0.261 e. The van der Waals surface area contributed by atoms with Crippen LogP contribution >= 0.6 is 11.8 Å². The molecule has 0 atom stereocenters. The molecular formula is C21H24N2O3S2. The van der Waals surface area contributed by atoms with Crippen molar-refractivity contribution in [1.29, 1.82) is 0 Å². The largest absolute Gasteiger partial charge is 0.311 e. The average Bonchev–Trinajstić information content (AvgIpc) is 3.46. The van der Waals surface area contributed by atoms with E-state index >= 15 is 0 Å². The molecule has 1 heterocycles. The SMILES string of the molecule is CSc1cccc(NS(=O)(=O)c2ccc3c(c2)C(C)(C)CN3C(=O)C2CC2)c1. The zero-order valence-electron chi connectivity index (χ0n) is 16.2. The molecule has 5 nitrogen and oxygen atoms in total. The van der Waals surface area contributed by atoms with Gasteiger partial charge in [0.2, 0.25) is 5.91 Å². The summed E-state index contributed by atoms with van der Waals surface area (Å²) in [4.78, 5) is 15.7. The number of nitrogens with one attached hydrogen (secondary N) is 1. The summed E-state index contributed by atoms with van der Waals surface area (Å²) in [7, 11) is -3.71. The summed E-state index contributed by atoms with van der Waals surface area (Å²) in [6.45, 7) is 4.69. The van der Waals surface area contributed by atoms with Crippen molar-refractivity contribution < 1.29 is 13.2 Å². The molecule has 1 aliphatic heterocycles. The standard InChI is InChI=1S/C21H24N2O3S2/c1-21(2)13-23(20(24)14-7-8-14)19-10-9-17(12-18(19)21)28(25,26)22-15-5-4-6-16(11-15)27-3/h4-6,9-12,14,22H,7-8,13H2,1-3H3. The molecule has 0 aromatic heterocycles. The van der Waals surface area contributed by atoms with Crippen molar-refractivity contribution in [3.05, 3.63) is 48.0 Å². The molecule has 1 aliphatic carbocycles. The van der Waals surface area contributed by atoms with E-state index in [1.54, 1.807) is 36.0 Å². The van der Waals surface area contributed by atoms with Crippen molar-refractivity contribution in [3.8, 4) is 0 Å². The molecule has 1 N–H and O–H groups in total. The van der Waals surface area contributed by atoms with Gasteiger partial charge in [-0.05, 0) is 61.1 Å². The molecule has 1 amide bonds. The second kappa shape index (κ2) is 6.81. The van der Waals surface area contributed by atoms with Crippen molar-refractivity contribution in [2.24, 2.45) is 5.92 Å². The first-order valence-electron chi connectivity index (χ1n) is 9.34. The Morgan fingerprint density at radius 1 is 1.18 bits per heavy atom. The van der Waals surface area contributed by atoms with Gasteiger partial charge in [-0.2, -0.15) is 0 Å². The molecular weight excluding hydrogens is 392 g/mol. The molecule has 28 heavy (non-hydrogen) atoms. The third kappa shape index (κ3) is 3.53. The second-order valence-corrected chi connectivity index (χ2v) is 10.7. The molecule has 148 valence electrons. The number of thioether (sulfide) groups is 1. The van der Waals surface area contributed by atoms with Crippen molar-refractivity contribution >= 4 is 39.1 Å². The fraction of sp³-hybridized carbons (Fsp3) is 0.381. The molecule has 2 aliphatic rings. The highest BCUT2D eigenvalue weighted by Gasteiger charge is 2.43. The minimum atomic E-state index is -3.71. The van der Waals surface area contributed by atoms with Gasteiger partial charge in [-0.25, -0.2) is 8.42 Å². The fourth-order valence-corrected chi connectivity index (χ4v) is 5.21. The number of hydrogen-bond acceptors (Lipinski definition) is 4. The number of fused-ring (bicyclic) bond motifs is 1. The monoisotopic (exact) mass is 416 g/mol. The molecule has 4 rings (SSSR count). The third-order valence-electron chi connectivity index (χ3n) is 5.37. The normalized spacial score (nSPS) is 18.0. The number of carbonyl (C=O) groups excluding carboxylic acids is 1. The predicted octanol–water partition coefficient (Wildman–Crippen LogP) is 4.24. The van der Waals surface area contributed by atoms with Crippen LogP contribution in [0.4, 0.5) is 11.4 Å². The molecule has 0 bridgehead atoms. The van der Waals surface area contributed by atoms with E-state index in [2.05, 4.69) is 18.6 Å². The summed E-state index contributed by atoms with van der Waals surface area (Å²) in [5.74, 6) is 0.296. The lowest BCUT2D eigenvalue weighted by molar-refractivity contribution is -0.119. The van der Waals surface area contributed by atoms with E-state index in [-0.39, 0.29) is 22.1 Å². The van der Waals surface area contributed by atoms with Crippen LogP contribution < -0.4 is 9.62 Å². The Bertz CT molecular complexity index is 1040. The molecule has 2 aromatic rings. The maximum atomic E-state index is 12.9. The molecule has 0 radical (unpaired) electrons. The van der Waals surface area contributed by atoms with E-state index in [1.165, 1.54) is 0 Å². The Balaban J connectivity index is 1.67. The Kier molecular flexibility index (Phi) is 4.70. The minimum absolute atomic E-state index is 0.135. The van der Waals surface area contributed by atoms with E-state index in [9.17, 15) is 13.2 Å². The molecule has 2 aromatic carbocycles. The van der Waals surface area contributed by atoms with Crippen LogP contribution in [0.5, 0.6) is 0 Å². The maximum Gasteiger partial charge on any atom is 0.261 e. The Labute approximate surface area is 170 Å². The lowest BCUT2D eigenvalue weighted by Gasteiger charge is -2.20. The van der Waals surface area contributed by atoms with Crippen LogP contribution in [0.25, 0.3) is 0 Å². The number of hydrogen-bond donors (Lipinski definition) is 1. The van der Waals surface area contributed by atoms with Crippen LogP contribution in [0.2, 0.25) is 0 Å². The molecule has 1 fully saturated rings. The average molecular weight is 417 g/mol. The first-order valence-corrected chi connectivity index (χ1v) is 12.0. The number of sulfonamides is 1. The predicted molar refractivity (Wildman–Crippen MR) is 114 cm³/mol. The molecule has 0 unspecified atom stereocenters. The molecule has 0 spiro atoms. The van der Waals surface area contributed by atoms with Gasteiger partial charge in [0.05, 0.1) is 4.90 Å². The molecule has 7 heteroatoms. The van der Waals surface area contributed by atoms with Gasteiger partial charge in [0, 0.05) is 34.1 Å². The summed E-state index contributed by atoms with van der Waals surface area (Å²) >= 11 is 1.56. The van der Waals surface area contributed by atoms with Gasteiger partial charge in [0.15, 0.2) is 0 Å². The number of nitrogens with zero attached hydrogens (tertiary/aromatic N) is 1. The topological polar surface area (TPSA) is 66.5 Å². The van der Waals surface area contributed by atoms with Crippen LogP contribution in [0.15, 0.2) is 52.3 Å². The zero-order chi connectivity index (χ0) is 20.1. The van der Waals surface area contributed by atoms with Gasteiger partial charge >= 0.3 is 0 Å². The van der Waals surface area contributed by atoms with Crippen molar-refractivity contribution in [3.63, 3.8) is 0 Å². The van der Waals surface area contributed by atoms with Crippen LogP contribution in [-0.2, 0) is 20.2 Å². The highest BCUT2D eigenvalue weighted by atomic mass is 32.2. The number of anilines is 2. The Morgan fingerprint density at radius 3 is 2.61 bits per heavy atom. The summed E-state index contributed by atoms with van der Waals surface area (Å²) < 4.78 is 28.6. The number of benzene rings is 2.